The molecule has 12 heteroatoms. The Morgan fingerprint density at radius 2 is 1.19 bits per heavy atom. The first-order valence-corrected chi connectivity index (χ1v) is 19.9. The minimum Gasteiger partial charge on any atom is -0.489 e. The fourth-order valence-corrected chi connectivity index (χ4v) is 6.68. The van der Waals surface area contributed by atoms with Gasteiger partial charge in [0.15, 0.2) is 11.5 Å². The molecule has 1 aliphatic rings. The summed E-state index contributed by atoms with van der Waals surface area (Å²) in [7, 11) is 0. The van der Waals surface area contributed by atoms with E-state index < -0.39 is 54.6 Å². The van der Waals surface area contributed by atoms with Gasteiger partial charge in [-0.25, -0.2) is 23.6 Å². The van der Waals surface area contributed by atoms with E-state index in [1.807, 2.05) is 12.1 Å². The van der Waals surface area contributed by atoms with Crippen molar-refractivity contribution in [3.63, 3.8) is 0 Å². The SMILES string of the molecule is C=C(C)C(=O)Oc1cc(-c2ccc(-c3ccc(C4CCC(CCCCC)CC4)cc3F)cc2)c(OC(=O)C(=C)C)cc1OCC(COC(=O)C(C)=O)COC(=O)C(C)=O. The molecular weight excluding hydrogens is 760 g/mol. The number of Topliss-reactive ketones (excluding diaryl/α,β-unsaturated/α-hetero) is 2. The number of carbonyl (C=O) groups is 6. The maximum Gasteiger partial charge on any atom is 0.374 e. The Morgan fingerprint density at radius 3 is 1.69 bits per heavy atom. The van der Waals surface area contributed by atoms with Crippen LogP contribution in [0.5, 0.6) is 17.2 Å². The van der Waals surface area contributed by atoms with Gasteiger partial charge in [0.2, 0.25) is 11.6 Å². The van der Waals surface area contributed by atoms with Crippen molar-refractivity contribution in [3.8, 4) is 39.5 Å². The number of rotatable bonds is 20. The van der Waals surface area contributed by atoms with Crippen LogP contribution in [0, 0.1) is 17.7 Å². The van der Waals surface area contributed by atoms with Gasteiger partial charge in [-0.3, -0.25) is 9.59 Å². The third kappa shape index (κ3) is 13.3. The molecule has 0 aliphatic heterocycles. The second-order valence-electron chi connectivity index (χ2n) is 15.2. The highest BCUT2D eigenvalue weighted by Gasteiger charge is 2.25. The molecule has 0 aromatic heterocycles. The number of carbonyl (C=O) groups excluding carboxylic acids is 6. The smallest absolute Gasteiger partial charge is 0.374 e. The summed E-state index contributed by atoms with van der Waals surface area (Å²) >= 11 is 0. The maximum absolute atomic E-state index is 15.7. The van der Waals surface area contributed by atoms with E-state index >= 15 is 4.39 Å². The standard InChI is InChI=1S/C47H53FO11/c1-8-9-10-11-32-12-14-34(15-13-32)37-20-21-38(40(48)22-37)35-16-18-36(19-17-35)39-23-43(59-45(52)29(4)5)42(24-41(39)58-44(51)28(2)3)55-25-33(26-56-46(53)30(6)49)27-57-47(54)31(7)50/h16-24,32-34H,2,4,8-15,25-27H2,1,3,5-7H3. The normalized spacial score (nSPS) is 14.8. The van der Waals surface area contributed by atoms with Crippen LogP contribution in [0.1, 0.15) is 97.5 Å². The Kier molecular flexibility index (Phi) is 16.9. The van der Waals surface area contributed by atoms with Crippen LogP contribution in [-0.4, -0.2) is 55.3 Å². The van der Waals surface area contributed by atoms with Crippen molar-refractivity contribution in [1.29, 1.82) is 0 Å². The Labute approximate surface area is 344 Å². The van der Waals surface area contributed by atoms with Crippen molar-refractivity contribution in [2.45, 2.75) is 91.9 Å². The maximum atomic E-state index is 15.7. The molecule has 0 radical (unpaired) electrons. The predicted octanol–water partition coefficient (Wildman–Crippen LogP) is 9.24. The van der Waals surface area contributed by atoms with Gasteiger partial charge in [-0.1, -0.05) is 82.2 Å². The second-order valence-corrected chi connectivity index (χ2v) is 15.2. The van der Waals surface area contributed by atoms with Gasteiger partial charge in [-0.05, 0) is 80.2 Å². The minimum absolute atomic E-state index is 0.0194. The Morgan fingerprint density at radius 1 is 0.644 bits per heavy atom. The molecule has 0 heterocycles. The number of hydrogen-bond donors (Lipinski definition) is 0. The molecule has 0 bridgehead atoms. The molecule has 0 saturated heterocycles. The van der Waals surface area contributed by atoms with Crippen LogP contribution in [-0.2, 0) is 38.2 Å². The first-order valence-electron chi connectivity index (χ1n) is 19.9. The van der Waals surface area contributed by atoms with E-state index in [4.69, 9.17) is 23.7 Å². The van der Waals surface area contributed by atoms with Crippen molar-refractivity contribution in [1.82, 2.24) is 0 Å². The summed E-state index contributed by atoms with van der Waals surface area (Å²) in [4.78, 5) is 72.4. The summed E-state index contributed by atoms with van der Waals surface area (Å²) in [6.07, 6.45) is 9.49. The molecule has 0 amide bonds. The molecule has 0 unspecified atom stereocenters. The van der Waals surface area contributed by atoms with Crippen LogP contribution in [0.25, 0.3) is 22.3 Å². The lowest BCUT2D eigenvalue weighted by Gasteiger charge is -2.29. The number of ether oxygens (including phenoxy) is 5. The third-order valence-corrected chi connectivity index (χ3v) is 10.1. The summed E-state index contributed by atoms with van der Waals surface area (Å²) < 4.78 is 43.1. The number of hydrogen-bond acceptors (Lipinski definition) is 11. The molecule has 4 rings (SSSR count). The van der Waals surface area contributed by atoms with E-state index in [1.54, 1.807) is 30.3 Å². The molecule has 314 valence electrons. The fourth-order valence-electron chi connectivity index (χ4n) is 6.68. The number of unbranched alkanes of at least 4 members (excludes halogenated alkanes) is 2. The summed E-state index contributed by atoms with van der Waals surface area (Å²) in [5.41, 5.74) is 3.02. The monoisotopic (exact) mass is 812 g/mol. The lowest BCUT2D eigenvalue weighted by atomic mass is 9.77. The lowest BCUT2D eigenvalue weighted by Crippen LogP contribution is -2.29. The molecule has 3 aromatic carbocycles. The van der Waals surface area contributed by atoms with Crippen molar-refractivity contribution in [2.24, 2.45) is 11.8 Å². The van der Waals surface area contributed by atoms with Crippen LogP contribution in [0.2, 0.25) is 0 Å². The number of esters is 4. The highest BCUT2D eigenvalue weighted by atomic mass is 19.1. The molecular formula is C47H53FO11. The van der Waals surface area contributed by atoms with Crippen LogP contribution in [0.15, 0.2) is 78.9 Å². The minimum atomic E-state index is -1.14. The van der Waals surface area contributed by atoms with Crippen LogP contribution >= 0.6 is 0 Å². The highest BCUT2D eigenvalue weighted by Crippen LogP contribution is 2.43. The summed E-state index contributed by atoms with van der Waals surface area (Å²) in [5.74, 6) is -5.98. The average Bonchev–Trinajstić information content (AvgIpc) is 3.21. The quantitative estimate of drug-likeness (QED) is 0.0353. The lowest BCUT2D eigenvalue weighted by molar-refractivity contribution is -0.158. The van der Waals surface area contributed by atoms with E-state index in [2.05, 4.69) is 20.1 Å². The molecule has 11 nitrogen and oxygen atoms in total. The van der Waals surface area contributed by atoms with E-state index in [1.165, 1.54) is 64.5 Å². The molecule has 3 aromatic rings. The van der Waals surface area contributed by atoms with Crippen LogP contribution in [0.3, 0.4) is 0 Å². The summed E-state index contributed by atoms with van der Waals surface area (Å²) in [6.45, 7) is 13.2. The zero-order chi connectivity index (χ0) is 43.2. The average molecular weight is 813 g/mol. The molecule has 1 saturated carbocycles. The zero-order valence-electron chi connectivity index (χ0n) is 34.5. The van der Waals surface area contributed by atoms with Crippen molar-refractivity contribution in [3.05, 3.63) is 90.3 Å². The first kappa shape index (κ1) is 45.8. The van der Waals surface area contributed by atoms with Gasteiger partial charge in [-0.15, -0.1) is 0 Å². The van der Waals surface area contributed by atoms with Gasteiger partial charge < -0.3 is 23.7 Å². The van der Waals surface area contributed by atoms with E-state index in [0.29, 0.717) is 28.2 Å². The Balaban J connectivity index is 1.65. The topological polar surface area (TPSA) is 149 Å². The summed E-state index contributed by atoms with van der Waals surface area (Å²) in [6, 6.07) is 15.1. The Bertz CT molecular complexity index is 2030. The van der Waals surface area contributed by atoms with Gasteiger partial charge in [0.1, 0.15) is 24.8 Å². The van der Waals surface area contributed by atoms with Gasteiger partial charge >= 0.3 is 23.9 Å². The van der Waals surface area contributed by atoms with Gasteiger partial charge in [0.05, 0.1) is 12.5 Å². The van der Waals surface area contributed by atoms with Gasteiger partial charge in [0, 0.05) is 42.2 Å². The van der Waals surface area contributed by atoms with Gasteiger partial charge in [0.25, 0.3) is 0 Å². The van der Waals surface area contributed by atoms with Crippen molar-refractivity contribution >= 4 is 35.4 Å². The van der Waals surface area contributed by atoms with Crippen molar-refractivity contribution < 1.29 is 56.8 Å². The number of halogens is 1. The predicted molar refractivity (Wildman–Crippen MR) is 219 cm³/mol. The second kappa shape index (κ2) is 21.7. The zero-order valence-corrected chi connectivity index (χ0v) is 34.5. The summed E-state index contributed by atoms with van der Waals surface area (Å²) in [5, 5.41) is 0. The number of benzene rings is 3. The Hall–Kier alpha value is -5.91. The molecule has 59 heavy (non-hydrogen) atoms. The number of ketones is 2. The van der Waals surface area contributed by atoms with Gasteiger partial charge in [-0.2, -0.15) is 0 Å². The molecule has 1 aliphatic carbocycles. The third-order valence-electron chi connectivity index (χ3n) is 10.1. The van der Waals surface area contributed by atoms with E-state index in [-0.39, 0.29) is 40.8 Å². The molecule has 0 N–H and O–H groups in total. The molecule has 0 spiro atoms. The fraction of sp³-hybridized carbons (Fsp3) is 0.404. The largest absolute Gasteiger partial charge is 0.489 e. The van der Waals surface area contributed by atoms with Crippen LogP contribution in [0.4, 0.5) is 4.39 Å². The first-order chi connectivity index (χ1) is 28.1. The highest BCUT2D eigenvalue weighted by molar-refractivity contribution is 6.32. The van der Waals surface area contributed by atoms with Crippen LogP contribution < -0.4 is 14.2 Å². The molecule has 1 fully saturated rings. The van der Waals surface area contributed by atoms with Crippen molar-refractivity contribution in [2.75, 3.05) is 19.8 Å². The molecule has 0 atom stereocenters. The van der Waals surface area contributed by atoms with E-state index in [9.17, 15) is 28.8 Å². The van der Waals surface area contributed by atoms with E-state index in [0.717, 1.165) is 38.2 Å².